The van der Waals surface area contributed by atoms with Gasteiger partial charge in [-0.3, -0.25) is 0 Å². The molecule has 0 atom stereocenters. The van der Waals surface area contributed by atoms with Gasteiger partial charge in [0.25, 0.3) is 0 Å². The Balaban J connectivity index is 2.10. The Morgan fingerprint density at radius 1 is 1.24 bits per heavy atom. The zero-order valence-corrected chi connectivity index (χ0v) is 12.6. The third-order valence-electron chi connectivity index (χ3n) is 3.19. The van der Waals surface area contributed by atoms with Crippen LogP contribution < -0.4 is 5.32 Å². The first kappa shape index (κ1) is 12.5. The van der Waals surface area contributed by atoms with E-state index in [1.165, 1.54) is 26.2 Å². The van der Waals surface area contributed by atoms with Gasteiger partial charge in [-0.15, -0.1) is 0 Å². The maximum Gasteiger partial charge on any atom is 0.0418 e. The fraction of sp³-hybridized carbons (Fsp3) is 0.286. The Kier molecular flexibility index (Phi) is 3.76. The molecule has 0 bridgehead atoms. The summed E-state index contributed by atoms with van der Waals surface area (Å²) in [5.74, 6) is 0. The highest BCUT2D eigenvalue weighted by molar-refractivity contribution is 14.1. The second-order valence-corrected chi connectivity index (χ2v) is 5.56. The van der Waals surface area contributed by atoms with Crippen molar-refractivity contribution in [1.29, 1.82) is 0 Å². The molecular weight excluding hydrogens is 323 g/mol. The van der Waals surface area contributed by atoms with Crippen LogP contribution in [0.15, 0.2) is 30.3 Å². The van der Waals surface area contributed by atoms with Crippen LogP contribution in [-0.4, -0.2) is 4.57 Å². The van der Waals surface area contributed by atoms with E-state index in [0.717, 1.165) is 6.54 Å². The van der Waals surface area contributed by atoms with Crippen molar-refractivity contribution in [2.75, 3.05) is 5.32 Å². The molecule has 2 aromatic rings. The molecule has 0 saturated carbocycles. The first-order chi connectivity index (χ1) is 8.08. The van der Waals surface area contributed by atoms with Gasteiger partial charge < -0.3 is 9.88 Å². The summed E-state index contributed by atoms with van der Waals surface area (Å²) in [6.45, 7) is 5.19. The summed E-state index contributed by atoms with van der Waals surface area (Å²) in [5.41, 5.74) is 5.18. The summed E-state index contributed by atoms with van der Waals surface area (Å²) < 4.78 is 3.49. The van der Waals surface area contributed by atoms with E-state index in [4.69, 9.17) is 0 Å². The lowest BCUT2D eigenvalue weighted by molar-refractivity contribution is 0.837. The van der Waals surface area contributed by atoms with E-state index >= 15 is 0 Å². The molecule has 0 unspecified atom stereocenters. The molecule has 0 aliphatic carbocycles. The monoisotopic (exact) mass is 340 g/mol. The molecule has 0 radical (unpaired) electrons. The van der Waals surface area contributed by atoms with E-state index in [0.29, 0.717) is 0 Å². The summed E-state index contributed by atoms with van der Waals surface area (Å²) in [6, 6.07) is 10.7. The van der Waals surface area contributed by atoms with Gasteiger partial charge in [0.15, 0.2) is 0 Å². The van der Waals surface area contributed by atoms with Crippen LogP contribution in [0.3, 0.4) is 0 Å². The Bertz CT molecular complexity index is 529. The fourth-order valence-corrected chi connectivity index (χ4v) is 2.45. The summed E-state index contributed by atoms with van der Waals surface area (Å²) in [4.78, 5) is 0. The number of halogens is 1. The smallest absolute Gasteiger partial charge is 0.0418 e. The zero-order chi connectivity index (χ0) is 12.4. The Morgan fingerprint density at radius 3 is 2.59 bits per heavy atom. The molecular formula is C14H17IN2. The molecule has 0 aliphatic rings. The maximum absolute atomic E-state index is 3.47. The minimum Gasteiger partial charge on any atom is -0.381 e. The summed E-state index contributed by atoms with van der Waals surface area (Å²) in [7, 11) is 2.11. The Morgan fingerprint density at radius 2 is 2.00 bits per heavy atom. The number of nitrogens with zero attached hydrogens (tertiary/aromatic N) is 1. The second kappa shape index (κ2) is 5.12. The lowest BCUT2D eigenvalue weighted by atomic mass is 10.2. The summed E-state index contributed by atoms with van der Waals surface area (Å²) in [6.07, 6.45) is 0. The van der Waals surface area contributed by atoms with Crippen LogP contribution in [0.25, 0.3) is 0 Å². The minimum absolute atomic E-state index is 0.883. The second-order valence-electron chi connectivity index (χ2n) is 4.32. The number of benzene rings is 1. The van der Waals surface area contributed by atoms with Gasteiger partial charge in [-0.1, -0.05) is 6.07 Å². The van der Waals surface area contributed by atoms with Crippen molar-refractivity contribution in [3.8, 4) is 0 Å². The predicted octanol–water partition coefficient (Wildman–Crippen LogP) is 3.86. The van der Waals surface area contributed by atoms with Crippen LogP contribution >= 0.6 is 22.6 Å². The molecule has 0 amide bonds. The van der Waals surface area contributed by atoms with Gasteiger partial charge in [-0.25, -0.2) is 0 Å². The van der Waals surface area contributed by atoms with E-state index in [-0.39, 0.29) is 0 Å². The SMILES string of the molecule is Cc1cc(CNc2cccc(I)c2)c(C)n1C. The number of aryl methyl sites for hydroxylation is 1. The highest BCUT2D eigenvalue weighted by atomic mass is 127. The van der Waals surface area contributed by atoms with Gasteiger partial charge in [0.1, 0.15) is 0 Å². The standard InChI is InChI=1S/C14H17IN2/c1-10-7-12(11(2)17(10)3)9-16-14-6-4-5-13(15)8-14/h4-8,16H,9H2,1-3H3. The van der Waals surface area contributed by atoms with Crippen molar-refractivity contribution in [3.63, 3.8) is 0 Å². The topological polar surface area (TPSA) is 17.0 Å². The van der Waals surface area contributed by atoms with Gasteiger partial charge >= 0.3 is 0 Å². The molecule has 0 spiro atoms. The van der Waals surface area contributed by atoms with Crippen LogP contribution in [0.2, 0.25) is 0 Å². The first-order valence-electron chi connectivity index (χ1n) is 5.69. The lowest BCUT2D eigenvalue weighted by Gasteiger charge is -2.07. The molecule has 1 N–H and O–H groups in total. The van der Waals surface area contributed by atoms with Crippen molar-refractivity contribution in [3.05, 3.63) is 50.9 Å². The number of hydrogen-bond donors (Lipinski definition) is 1. The quantitative estimate of drug-likeness (QED) is 0.840. The van der Waals surface area contributed by atoms with Gasteiger partial charge in [-0.2, -0.15) is 0 Å². The van der Waals surface area contributed by atoms with Crippen LogP contribution in [0.1, 0.15) is 17.0 Å². The molecule has 1 aromatic carbocycles. The number of hydrogen-bond acceptors (Lipinski definition) is 1. The molecule has 2 rings (SSSR count). The molecule has 1 heterocycles. The highest BCUT2D eigenvalue weighted by Crippen LogP contribution is 2.17. The average molecular weight is 340 g/mol. The number of rotatable bonds is 3. The number of nitrogens with one attached hydrogen (secondary N) is 1. The Hall–Kier alpha value is -0.970. The number of aromatic nitrogens is 1. The van der Waals surface area contributed by atoms with E-state index in [9.17, 15) is 0 Å². The molecule has 17 heavy (non-hydrogen) atoms. The van der Waals surface area contributed by atoms with E-state index in [2.05, 4.69) is 83.7 Å². The largest absolute Gasteiger partial charge is 0.381 e. The molecule has 90 valence electrons. The van der Waals surface area contributed by atoms with Crippen molar-refractivity contribution in [2.45, 2.75) is 20.4 Å². The molecule has 1 aromatic heterocycles. The van der Waals surface area contributed by atoms with Crippen LogP contribution in [0, 0.1) is 17.4 Å². The van der Waals surface area contributed by atoms with E-state index in [1.54, 1.807) is 0 Å². The summed E-state index contributed by atoms with van der Waals surface area (Å²) >= 11 is 2.33. The van der Waals surface area contributed by atoms with Crippen molar-refractivity contribution < 1.29 is 0 Å². The molecule has 0 fully saturated rings. The van der Waals surface area contributed by atoms with Crippen LogP contribution in [-0.2, 0) is 13.6 Å². The molecule has 0 aliphatic heterocycles. The van der Waals surface area contributed by atoms with Crippen molar-refractivity contribution >= 4 is 28.3 Å². The van der Waals surface area contributed by atoms with Crippen molar-refractivity contribution in [2.24, 2.45) is 7.05 Å². The first-order valence-corrected chi connectivity index (χ1v) is 6.77. The molecule has 2 nitrogen and oxygen atoms in total. The third kappa shape index (κ3) is 2.83. The summed E-state index contributed by atoms with van der Waals surface area (Å²) in [5, 5.41) is 3.47. The van der Waals surface area contributed by atoms with E-state index < -0.39 is 0 Å². The van der Waals surface area contributed by atoms with Crippen molar-refractivity contribution in [1.82, 2.24) is 4.57 Å². The molecule has 3 heteroatoms. The Labute approximate surface area is 116 Å². The normalized spacial score (nSPS) is 10.6. The van der Waals surface area contributed by atoms with Gasteiger partial charge in [0.05, 0.1) is 0 Å². The highest BCUT2D eigenvalue weighted by Gasteiger charge is 2.05. The van der Waals surface area contributed by atoms with Crippen LogP contribution in [0.5, 0.6) is 0 Å². The minimum atomic E-state index is 0.883. The average Bonchev–Trinajstić information content (AvgIpc) is 2.54. The molecule has 0 saturated heterocycles. The predicted molar refractivity (Wildman–Crippen MR) is 81.4 cm³/mol. The van der Waals surface area contributed by atoms with Gasteiger partial charge in [0.2, 0.25) is 0 Å². The van der Waals surface area contributed by atoms with Gasteiger partial charge in [-0.05, 0) is 66.3 Å². The number of anilines is 1. The maximum atomic E-state index is 3.47. The third-order valence-corrected chi connectivity index (χ3v) is 3.86. The van der Waals surface area contributed by atoms with Gasteiger partial charge in [0, 0.05) is 34.2 Å². The zero-order valence-electron chi connectivity index (χ0n) is 10.4. The van der Waals surface area contributed by atoms with Crippen LogP contribution in [0.4, 0.5) is 5.69 Å². The van der Waals surface area contributed by atoms with E-state index in [1.807, 2.05) is 0 Å². The fourth-order valence-electron chi connectivity index (χ4n) is 1.91. The lowest BCUT2D eigenvalue weighted by Crippen LogP contribution is -2.01.